The van der Waals surface area contributed by atoms with Crippen LogP contribution in [0.4, 0.5) is 5.13 Å². The van der Waals surface area contributed by atoms with E-state index < -0.39 is 0 Å². The van der Waals surface area contributed by atoms with Gasteiger partial charge in [-0.1, -0.05) is 47.7 Å². The van der Waals surface area contributed by atoms with Crippen molar-refractivity contribution in [1.82, 2.24) is 15.5 Å². The predicted octanol–water partition coefficient (Wildman–Crippen LogP) is 3.39. The second-order valence-electron chi connectivity index (χ2n) is 6.27. The molecule has 3 rings (SSSR count). The first-order chi connectivity index (χ1) is 14.6. The summed E-state index contributed by atoms with van der Waals surface area (Å²) in [6.45, 7) is 0.422. The number of nitrogens with one attached hydrogen (secondary N) is 2. The van der Waals surface area contributed by atoms with Gasteiger partial charge in [-0.15, -0.1) is 22.0 Å². The smallest absolute Gasteiger partial charge is 0.251 e. The van der Waals surface area contributed by atoms with Gasteiger partial charge in [-0.2, -0.15) is 0 Å². The third-order valence-corrected chi connectivity index (χ3v) is 5.92. The SMILES string of the molecule is COc1cccc(C(=O)NCCc2nnc(NC(=O)CSCc3ccccc3)s2)c1. The summed E-state index contributed by atoms with van der Waals surface area (Å²) < 4.78 is 5.13. The van der Waals surface area contributed by atoms with Crippen molar-refractivity contribution < 1.29 is 14.3 Å². The van der Waals surface area contributed by atoms with Gasteiger partial charge in [0.05, 0.1) is 12.9 Å². The highest BCUT2D eigenvalue weighted by atomic mass is 32.2. The van der Waals surface area contributed by atoms with Gasteiger partial charge in [0.2, 0.25) is 11.0 Å². The minimum absolute atomic E-state index is 0.107. The first-order valence-corrected chi connectivity index (χ1v) is 11.3. The lowest BCUT2D eigenvalue weighted by molar-refractivity contribution is -0.113. The van der Waals surface area contributed by atoms with E-state index in [1.165, 1.54) is 16.9 Å². The molecule has 156 valence electrons. The molecule has 0 aliphatic carbocycles. The van der Waals surface area contributed by atoms with Crippen LogP contribution in [0.25, 0.3) is 0 Å². The fourth-order valence-corrected chi connectivity index (χ4v) is 4.09. The molecule has 0 fully saturated rings. The molecule has 2 amide bonds. The van der Waals surface area contributed by atoms with Gasteiger partial charge in [-0.25, -0.2) is 0 Å². The number of amides is 2. The maximum atomic E-state index is 12.2. The van der Waals surface area contributed by atoms with Gasteiger partial charge in [0.1, 0.15) is 10.8 Å². The number of hydrogen-bond donors (Lipinski definition) is 2. The largest absolute Gasteiger partial charge is 0.497 e. The van der Waals surface area contributed by atoms with Crippen LogP contribution in [-0.2, 0) is 17.0 Å². The number of carbonyl (C=O) groups excluding carboxylic acids is 2. The molecule has 0 saturated heterocycles. The maximum absolute atomic E-state index is 12.2. The number of rotatable bonds is 10. The van der Waals surface area contributed by atoms with E-state index in [0.717, 1.165) is 10.8 Å². The first kappa shape index (κ1) is 21.8. The fraction of sp³-hybridized carbons (Fsp3) is 0.238. The van der Waals surface area contributed by atoms with Gasteiger partial charge < -0.3 is 10.1 Å². The number of anilines is 1. The van der Waals surface area contributed by atoms with Crippen molar-refractivity contribution in [1.29, 1.82) is 0 Å². The topological polar surface area (TPSA) is 93.2 Å². The second kappa shape index (κ2) is 11.3. The molecule has 3 aromatic rings. The van der Waals surface area contributed by atoms with E-state index >= 15 is 0 Å². The molecule has 0 bridgehead atoms. The third kappa shape index (κ3) is 6.85. The van der Waals surface area contributed by atoms with Crippen LogP contribution >= 0.6 is 23.1 Å². The number of hydrogen-bond acceptors (Lipinski definition) is 7. The Hall–Kier alpha value is -2.91. The minimum Gasteiger partial charge on any atom is -0.497 e. The standard InChI is InChI=1S/C21H22N4O3S2/c1-28-17-9-5-8-16(12-17)20(27)22-11-10-19-24-25-21(30-19)23-18(26)14-29-13-15-6-3-2-4-7-15/h2-9,12H,10-11,13-14H2,1H3,(H,22,27)(H,23,25,26). The Morgan fingerprint density at radius 1 is 1.10 bits per heavy atom. The van der Waals surface area contributed by atoms with Crippen LogP contribution in [-0.4, -0.2) is 41.4 Å². The Kier molecular flexibility index (Phi) is 8.22. The van der Waals surface area contributed by atoms with Crippen molar-refractivity contribution in [2.45, 2.75) is 12.2 Å². The van der Waals surface area contributed by atoms with E-state index in [9.17, 15) is 9.59 Å². The van der Waals surface area contributed by atoms with Gasteiger partial charge in [0.25, 0.3) is 5.91 Å². The molecule has 0 radical (unpaired) electrons. The molecule has 9 heteroatoms. The zero-order valence-electron chi connectivity index (χ0n) is 16.5. The van der Waals surface area contributed by atoms with E-state index in [1.807, 2.05) is 30.3 Å². The number of aromatic nitrogens is 2. The second-order valence-corrected chi connectivity index (χ2v) is 8.31. The van der Waals surface area contributed by atoms with Gasteiger partial charge >= 0.3 is 0 Å². The van der Waals surface area contributed by atoms with Crippen LogP contribution < -0.4 is 15.4 Å². The highest BCUT2D eigenvalue weighted by molar-refractivity contribution is 7.99. The van der Waals surface area contributed by atoms with Crippen LogP contribution in [0.15, 0.2) is 54.6 Å². The number of ether oxygens (including phenoxy) is 1. The average molecular weight is 443 g/mol. The molecule has 2 N–H and O–H groups in total. The molecular weight excluding hydrogens is 420 g/mol. The molecule has 7 nitrogen and oxygen atoms in total. The molecule has 0 aliphatic rings. The van der Waals surface area contributed by atoms with Gasteiger partial charge in [-0.3, -0.25) is 14.9 Å². The normalized spacial score (nSPS) is 10.4. The van der Waals surface area contributed by atoms with Crippen molar-refractivity contribution in [2.24, 2.45) is 0 Å². The van der Waals surface area contributed by atoms with Crippen molar-refractivity contribution in [3.8, 4) is 5.75 Å². The summed E-state index contributed by atoms with van der Waals surface area (Å²) in [6, 6.07) is 17.0. The van der Waals surface area contributed by atoms with Gasteiger partial charge in [0.15, 0.2) is 0 Å². The van der Waals surface area contributed by atoms with E-state index in [1.54, 1.807) is 43.1 Å². The Morgan fingerprint density at radius 2 is 1.93 bits per heavy atom. The summed E-state index contributed by atoms with van der Waals surface area (Å²) in [5.74, 6) is 1.48. The highest BCUT2D eigenvalue weighted by Crippen LogP contribution is 2.17. The predicted molar refractivity (Wildman–Crippen MR) is 120 cm³/mol. The third-order valence-electron chi connectivity index (χ3n) is 4.01. The quantitative estimate of drug-likeness (QED) is 0.500. The summed E-state index contributed by atoms with van der Waals surface area (Å²) in [7, 11) is 1.56. The average Bonchev–Trinajstić information content (AvgIpc) is 3.21. The minimum atomic E-state index is -0.178. The number of carbonyl (C=O) groups is 2. The fourth-order valence-electron chi connectivity index (χ4n) is 2.55. The van der Waals surface area contributed by atoms with Crippen molar-refractivity contribution >= 4 is 40.0 Å². The summed E-state index contributed by atoms with van der Waals surface area (Å²) in [5.41, 5.74) is 1.72. The van der Waals surface area contributed by atoms with E-state index in [2.05, 4.69) is 20.8 Å². The zero-order valence-corrected chi connectivity index (χ0v) is 18.1. The lowest BCUT2D eigenvalue weighted by Gasteiger charge is -2.05. The Morgan fingerprint density at radius 3 is 2.73 bits per heavy atom. The summed E-state index contributed by atoms with van der Waals surface area (Å²) in [5, 5.41) is 14.9. The number of methoxy groups -OCH3 is 1. The molecule has 0 unspecified atom stereocenters. The highest BCUT2D eigenvalue weighted by Gasteiger charge is 2.10. The van der Waals surface area contributed by atoms with Crippen LogP contribution in [0, 0.1) is 0 Å². The molecular formula is C21H22N4O3S2. The molecule has 0 spiro atoms. The van der Waals surface area contributed by atoms with Gasteiger partial charge in [-0.05, 0) is 23.8 Å². The lowest BCUT2D eigenvalue weighted by Crippen LogP contribution is -2.25. The Bertz CT molecular complexity index is 979. The van der Waals surface area contributed by atoms with Crippen molar-refractivity contribution in [2.75, 3.05) is 24.7 Å². The Balaban J connectivity index is 1.38. The van der Waals surface area contributed by atoms with Crippen LogP contribution in [0.1, 0.15) is 20.9 Å². The molecule has 0 saturated carbocycles. The zero-order chi connectivity index (χ0) is 21.2. The molecule has 1 aromatic heterocycles. The summed E-state index contributed by atoms with van der Waals surface area (Å²) >= 11 is 2.86. The molecule has 0 atom stereocenters. The molecule has 0 aliphatic heterocycles. The van der Waals surface area contributed by atoms with Crippen molar-refractivity contribution in [3.63, 3.8) is 0 Å². The molecule has 1 heterocycles. The Labute approximate surface area is 183 Å². The van der Waals surface area contributed by atoms with Crippen LogP contribution in [0.5, 0.6) is 5.75 Å². The number of thioether (sulfide) groups is 1. The summed E-state index contributed by atoms with van der Waals surface area (Å²) in [6.07, 6.45) is 0.534. The monoisotopic (exact) mass is 442 g/mol. The lowest BCUT2D eigenvalue weighted by atomic mass is 10.2. The van der Waals surface area contributed by atoms with Crippen molar-refractivity contribution in [3.05, 3.63) is 70.7 Å². The molecule has 30 heavy (non-hydrogen) atoms. The first-order valence-electron chi connectivity index (χ1n) is 9.30. The number of nitrogens with zero attached hydrogens (tertiary/aromatic N) is 2. The van der Waals surface area contributed by atoms with E-state index in [-0.39, 0.29) is 11.8 Å². The van der Waals surface area contributed by atoms with Crippen LogP contribution in [0.3, 0.4) is 0 Å². The number of benzene rings is 2. The van der Waals surface area contributed by atoms with E-state index in [4.69, 9.17) is 4.74 Å². The van der Waals surface area contributed by atoms with E-state index in [0.29, 0.717) is 35.2 Å². The van der Waals surface area contributed by atoms with Gasteiger partial charge in [0, 0.05) is 24.3 Å². The molecule has 2 aromatic carbocycles. The maximum Gasteiger partial charge on any atom is 0.251 e. The summed E-state index contributed by atoms with van der Waals surface area (Å²) in [4.78, 5) is 24.3. The van der Waals surface area contributed by atoms with Crippen LogP contribution in [0.2, 0.25) is 0 Å².